The van der Waals surface area contributed by atoms with Gasteiger partial charge < -0.3 is 10.6 Å². The molecule has 1 amide bonds. The lowest BCUT2D eigenvalue weighted by atomic mass is 10.1. The summed E-state index contributed by atoms with van der Waals surface area (Å²) in [4.78, 5) is 45.0. The normalized spacial score (nSPS) is 19.5. The number of carbonyl (C=O) groups is 1. The summed E-state index contributed by atoms with van der Waals surface area (Å²) in [5, 5.41) is 6.50. The first-order valence-corrected chi connectivity index (χ1v) is 10.1. The summed E-state index contributed by atoms with van der Waals surface area (Å²) in [6.45, 7) is 5.91. The summed E-state index contributed by atoms with van der Waals surface area (Å²) in [5.74, 6) is 0.210. The van der Waals surface area contributed by atoms with Crippen molar-refractivity contribution in [2.45, 2.75) is 58.0 Å². The zero-order valence-electron chi connectivity index (χ0n) is 16.4. The Bertz CT molecular complexity index is 1010. The van der Waals surface area contributed by atoms with Gasteiger partial charge in [0.1, 0.15) is 0 Å². The summed E-state index contributed by atoms with van der Waals surface area (Å²) in [6.07, 6.45) is 4.16. The number of aromatic nitrogens is 3. The quantitative estimate of drug-likeness (QED) is 0.690. The van der Waals surface area contributed by atoms with E-state index in [0.717, 1.165) is 37.9 Å². The number of hydrogen-bond donors (Lipinski definition) is 3. The number of nitrogens with zero attached hydrogens (tertiary/aromatic N) is 2. The van der Waals surface area contributed by atoms with Crippen LogP contribution >= 0.6 is 0 Å². The molecule has 1 aliphatic heterocycles. The third-order valence-electron chi connectivity index (χ3n) is 5.43. The Balaban J connectivity index is 1.80. The molecule has 1 saturated carbocycles. The van der Waals surface area contributed by atoms with Crippen LogP contribution in [0.25, 0.3) is 11.0 Å². The van der Waals surface area contributed by atoms with Crippen LogP contribution in [-0.4, -0.2) is 39.6 Å². The van der Waals surface area contributed by atoms with E-state index in [1.807, 2.05) is 13.8 Å². The predicted molar refractivity (Wildman–Crippen MR) is 107 cm³/mol. The van der Waals surface area contributed by atoms with Gasteiger partial charge in [0.05, 0.1) is 10.9 Å². The summed E-state index contributed by atoms with van der Waals surface area (Å²) in [6, 6.07) is 1.99. The molecule has 0 aromatic carbocycles. The maximum Gasteiger partial charge on any atom is 0.330 e. The highest BCUT2D eigenvalue weighted by Crippen LogP contribution is 2.39. The molecule has 3 N–H and O–H groups in total. The number of H-pyrrole nitrogens is 1. The third kappa shape index (κ3) is 3.73. The van der Waals surface area contributed by atoms with Gasteiger partial charge in [-0.05, 0) is 44.2 Å². The molecule has 1 atom stereocenters. The molecule has 0 spiro atoms. The fraction of sp³-hybridized carbons (Fsp3) is 0.600. The van der Waals surface area contributed by atoms with Gasteiger partial charge in [0.25, 0.3) is 11.5 Å². The van der Waals surface area contributed by atoms with E-state index in [0.29, 0.717) is 30.2 Å². The Morgan fingerprint density at radius 2 is 2.11 bits per heavy atom. The molecule has 4 rings (SSSR count). The van der Waals surface area contributed by atoms with Crippen molar-refractivity contribution in [3.8, 4) is 0 Å². The van der Waals surface area contributed by atoms with Crippen molar-refractivity contribution in [3.05, 3.63) is 38.2 Å². The molecular formula is C20H27N5O3. The number of amides is 1. The van der Waals surface area contributed by atoms with Crippen molar-refractivity contribution >= 4 is 16.9 Å². The molecule has 2 aromatic heterocycles. The van der Waals surface area contributed by atoms with Crippen LogP contribution in [0.3, 0.4) is 0 Å². The average Bonchev–Trinajstić information content (AvgIpc) is 3.38. The highest BCUT2D eigenvalue weighted by molar-refractivity contribution is 6.05. The Morgan fingerprint density at radius 3 is 2.75 bits per heavy atom. The number of fused-ring (bicyclic) bond motifs is 1. The van der Waals surface area contributed by atoms with Gasteiger partial charge in [-0.15, -0.1) is 0 Å². The molecule has 8 nitrogen and oxygen atoms in total. The van der Waals surface area contributed by atoms with E-state index in [1.54, 1.807) is 6.07 Å². The van der Waals surface area contributed by atoms with Gasteiger partial charge in [-0.25, -0.2) is 9.78 Å². The van der Waals surface area contributed by atoms with Crippen LogP contribution in [0.4, 0.5) is 0 Å². The number of rotatable bonds is 6. The van der Waals surface area contributed by atoms with Crippen molar-refractivity contribution in [1.29, 1.82) is 0 Å². The fourth-order valence-electron chi connectivity index (χ4n) is 3.84. The molecule has 150 valence electrons. The van der Waals surface area contributed by atoms with Crippen LogP contribution in [0.2, 0.25) is 0 Å². The predicted octanol–water partition coefficient (Wildman–Crippen LogP) is 1.10. The summed E-state index contributed by atoms with van der Waals surface area (Å²) in [7, 11) is 0. The maximum atomic E-state index is 13.0. The van der Waals surface area contributed by atoms with Crippen LogP contribution < -0.4 is 21.9 Å². The van der Waals surface area contributed by atoms with E-state index in [1.165, 1.54) is 4.57 Å². The maximum absolute atomic E-state index is 13.0. The van der Waals surface area contributed by atoms with E-state index in [2.05, 4.69) is 20.6 Å². The largest absolute Gasteiger partial charge is 0.350 e. The highest BCUT2D eigenvalue weighted by atomic mass is 16.2. The molecule has 0 radical (unpaired) electrons. The molecule has 1 aliphatic carbocycles. The van der Waals surface area contributed by atoms with Gasteiger partial charge >= 0.3 is 5.69 Å². The van der Waals surface area contributed by atoms with Gasteiger partial charge in [-0.3, -0.25) is 19.1 Å². The molecule has 1 saturated heterocycles. The lowest BCUT2D eigenvalue weighted by Gasteiger charge is -2.16. The van der Waals surface area contributed by atoms with Crippen LogP contribution in [0.15, 0.2) is 15.7 Å². The number of pyridine rings is 1. The monoisotopic (exact) mass is 385 g/mol. The van der Waals surface area contributed by atoms with Crippen LogP contribution in [-0.2, 0) is 6.54 Å². The Morgan fingerprint density at radius 1 is 1.32 bits per heavy atom. The number of aromatic amines is 1. The molecule has 2 fully saturated rings. The summed E-state index contributed by atoms with van der Waals surface area (Å²) in [5.41, 5.74) is 0.381. The topological polar surface area (TPSA) is 109 Å². The van der Waals surface area contributed by atoms with Crippen molar-refractivity contribution in [3.63, 3.8) is 0 Å². The Hall–Kier alpha value is -2.48. The number of hydrogen-bond acceptors (Lipinski definition) is 5. The molecule has 1 unspecified atom stereocenters. The van der Waals surface area contributed by atoms with Crippen LogP contribution in [0.1, 0.15) is 61.5 Å². The molecular weight excluding hydrogens is 358 g/mol. The molecule has 8 heteroatoms. The summed E-state index contributed by atoms with van der Waals surface area (Å²) >= 11 is 0. The SMILES string of the molecule is CC(C)Cn1c(=O)[nH]c(=O)c2c(C(=O)NCC3CCCN3)cc(C3CC3)nc21. The van der Waals surface area contributed by atoms with Crippen molar-refractivity contribution in [1.82, 2.24) is 25.2 Å². The number of carbonyl (C=O) groups excluding carboxylic acids is 1. The van der Waals surface area contributed by atoms with E-state index in [-0.39, 0.29) is 23.3 Å². The van der Waals surface area contributed by atoms with Gasteiger partial charge in [0, 0.05) is 30.7 Å². The Labute approximate surface area is 162 Å². The number of nitrogens with one attached hydrogen (secondary N) is 3. The smallest absolute Gasteiger partial charge is 0.330 e. The first kappa shape index (κ1) is 18.9. The van der Waals surface area contributed by atoms with Crippen molar-refractivity contribution < 1.29 is 4.79 Å². The minimum absolute atomic E-state index is 0.196. The van der Waals surface area contributed by atoms with Gasteiger partial charge in [0.2, 0.25) is 0 Å². The van der Waals surface area contributed by atoms with Crippen molar-refractivity contribution in [2.24, 2.45) is 5.92 Å². The molecule has 28 heavy (non-hydrogen) atoms. The average molecular weight is 385 g/mol. The molecule has 2 aliphatic rings. The standard InChI is InChI=1S/C20H27N5O3/c1-11(2)10-25-17-16(19(27)24-20(25)28)14(8-15(23-17)12-5-6-12)18(26)22-9-13-4-3-7-21-13/h8,11-13,21H,3-7,9-10H2,1-2H3,(H,22,26)(H,24,27,28). The molecule has 3 heterocycles. The zero-order chi connectivity index (χ0) is 19.8. The van der Waals surface area contributed by atoms with E-state index < -0.39 is 11.2 Å². The third-order valence-corrected chi connectivity index (χ3v) is 5.43. The second-order valence-electron chi connectivity index (χ2n) is 8.33. The van der Waals surface area contributed by atoms with E-state index in [4.69, 9.17) is 0 Å². The first-order chi connectivity index (χ1) is 13.4. The highest BCUT2D eigenvalue weighted by Gasteiger charge is 2.29. The van der Waals surface area contributed by atoms with E-state index in [9.17, 15) is 14.4 Å². The summed E-state index contributed by atoms with van der Waals surface area (Å²) < 4.78 is 1.49. The second kappa shape index (κ2) is 7.50. The van der Waals surface area contributed by atoms with Crippen LogP contribution in [0, 0.1) is 5.92 Å². The van der Waals surface area contributed by atoms with Gasteiger partial charge in [-0.1, -0.05) is 13.8 Å². The van der Waals surface area contributed by atoms with Crippen LogP contribution in [0.5, 0.6) is 0 Å². The fourth-order valence-corrected chi connectivity index (χ4v) is 3.84. The molecule has 2 aromatic rings. The van der Waals surface area contributed by atoms with Gasteiger partial charge in [-0.2, -0.15) is 0 Å². The first-order valence-electron chi connectivity index (χ1n) is 10.1. The second-order valence-corrected chi connectivity index (χ2v) is 8.33. The molecule has 0 bridgehead atoms. The minimum Gasteiger partial charge on any atom is -0.350 e. The van der Waals surface area contributed by atoms with E-state index >= 15 is 0 Å². The Kier molecular flexibility index (Phi) is 5.05. The van der Waals surface area contributed by atoms with Gasteiger partial charge in [0.15, 0.2) is 5.65 Å². The lowest BCUT2D eigenvalue weighted by Crippen LogP contribution is -2.38. The zero-order valence-corrected chi connectivity index (χ0v) is 16.4. The minimum atomic E-state index is -0.556. The van der Waals surface area contributed by atoms with Crippen molar-refractivity contribution in [2.75, 3.05) is 13.1 Å². The lowest BCUT2D eigenvalue weighted by molar-refractivity contribution is 0.0951.